The van der Waals surface area contributed by atoms with Gasteiger partial charge in [-0.25, -0.2) is 0 Å². The van der Waals surface area contributed by atoms with Crippen LogP contribution >= 0.6 is 11.3 Å². The van der Waals surface area contributed by atoms with Gasteiger partial charge in [-0.3, -0.25) is 9.59 Å². The van der Waals surface area contributed by atoms with E-state index in [9.17, 15) is 9.59 Å². The highest BCUT2D eigenvalue weighted by Gasteiger charge is 2.24. The average molecular weight is 417 g/mol. The molecule has 2 amide bonds. The zero-order valence-electron chi connectivity index (χ0n) is 16.3. The van der Waals surface area contributed by atoms with Crippen molar-refractivity contribution in [2.75, 3.05) is 18.7 Å². The zero-order valence-corrected chi connectivity index (χ0v) is 17.2. The molecule has 154 valence electrons. The maximum atomic E-state index is 12.4. The smallest absolute Gasteiger partial charge is 0.231 e. The van der Waals surface area contributed by atoms with Crippen molar-refractivity contribution in [3.8, 4) is 22.1 Å². The van der Waals surface area contributed by atoms with E-state index in [1.54, 1.807) is 6.92 Å². The fourth-order valence-electron chi connectivity index (χ4n) is 3.81. The summed E-state index contributed by atoms with van der Waals surface area (Å²) in [5, 5.41) is 12.1. The van der Waals surface area contributed by atoms with E-state index < -0.39 is 0 Å². The Kier molecular flexibility index (Phi) is 5.94. The summed E-state index contributed by atoms with van der Waals surface area (Å²) in [6.07, 6.45) is 5.82. The lowest BCUT2D eigenvalue weighted by Crippen LogP contribution is -2.41. The van der Waals surface area contributed by atoms with Crippen LogP contribution in [0.25, 0.3) is 10.6 Å². The molecule has 1 fully saturated rings. The topological polar surface area (TPSA) is 93.7 Å². The molecule has 1 aliphatic carbocycles. The first-order valence-corrected chi connectivity index (χ1v) is 10.7. The molecule has 1 saturated carbocycles. The fraction of sp³-hybridized carbons (Fsp3) is 0.500. The molecule has 2 aromatic rings. The standard InChI is InChI=1S/C20H24N4O4S/c1-13(25)24(15-5-3-2-4-6-15)10-9-18(26)21-20-23-22-19(29-20)14-7-8-16-17(11-14)28-12-27-16/h7-8,11,15H,2-6,9-10,12H2,1H3,(H,21,23,26). The Morgan fingerprint density at radius 2 is 1.97 bits per heavy atom. The highest BCUT2D eigenvalue weighted by atomic mass is 32.1. The monoisotopic (exact) mass is 416 g/mol. The van der Waals surface area contributed by atoms with Gasteiger partial charge < -0.3 is 19.7 Å². The number of hydrogen-bond acceptors (Lipinski definition) is 7. The van der Waals surface area contributed by atoms with Crippen LogP contribution in [0.15, 0.2) is 18.2 Å². The Labute approximate surface area is 173 Å². The summed E-state index contributed by atoms with van der Waals surface area (Å²) in [5.74, 6) is 1.25. The van der Waals surface area contributed by atoms with E-state index in [-0.39, 0.29) is 31.1 Å². The molecular weight excluding hydrogens is 392 g/mol. The second-order valence-corrected chi connectivity index (χ2v) is 8.26. The molecular formula is C20H24N4O4S. The zero-order chi connectivity index (χ0) is 20.2. The third kappa shape index (κ3) is 4.67. The van der Waals surface area contributed by atoms with Gasteiger partial charge >= 0.3 is 0 Å². The first-order valence-electron chi connectivity index (χ1n) is 9.91. The lowest BCUT2D eigenvalue weighted by molar-refractivity contribution is -0.132. The number of hydrogen-bond donors (Lipinski definition) is 1. The predicted octanol–water partition coefficient (Wildman–Crippen LogP) is 3.44. The Morgan fingerprint density at radius 3 is 2.76 bits per heavy atom. The normalized spacial score (nSPS) is 15.9. The second-order valence-electron chi connectivity index (χ2n) is 7.28. The number of ether oxygens (including phenoxy) is 2. The number of amides is 2. The quantitative estimate of drug-likeness (QED) is 0.775. The van der Waals surface area contributed by atoms with Crippen LogP contribution in [0.1, 0.15) is 45.4 Å². The summed E-state index contributed by atoms with van der Waals surface area (Å²) in [4.78, 5) is 26.2. The third-order valence-electron chi connectivity index (χ3n) is 5.29. The van der Waals surface area contributed by atoms with Gasteiger partial charge in [0.2, 0.25) is 23.7 Å². The molecule has 0 radical (unpaired) electrons. The number of benzene rings is 1. The predicted molar refractivity (Wildman–Crippen MR) is 109 cm³/mol. The van der Waals surface area contributed by atoms with E-state index in [2.05, 4.69) is 15.5 Å². The molecule has 0 bridgehead atoms. The molecule has 2 heterocycles. The molecule has 1 N–H and O–H groups in total. The fourth-order valence-corrected chi connectivity index (χ4v) is 4.57. The van der Waals surface area contributed by atoms with Gasteiger partial charge in [0.15, 0.2) is 11.5 Å². The number of fused-ring (bicyclic) bond motifs is 1. The van der Waals surface area contributed by atoms with Gasteiger partial charge in [-0.2, -0.15) is 0 Å². The van der Waals surface area contributed by atoms with Crippen molar-refractivity contribution >= 4 is 28.3 Å². The summed E-state index contributed by atoms with van der Waals surface area (Å²) < 4.78 is 10.7. The Hall–Kier alpha value is -2.68. The highest BCUT2D eigenvalue weighted by molar-refractivity contribution is 7.18. The van der Waals surface area contributed by atoms with Crippen LogP contribution in [0, 0.1) is 0 Å². The number of nitrogens with zero attached hydrogens (tertiary/aromatic N) is 3. The first-order chi connectivity index (χ1) is 14.1. The van der Waals surface area contributed by atoms with Crippen LogP contribution in [0.5, 0.6) is 11.5 Å². The van der Waals surface area contributed by atoms with Crippen molar-refractivity contribution in [2.24, 2.45) is 0 Å². The molecule has 29 heavy (non-hydrogen) atoms. The van der Waals surface area contributed by atoms with Gasteiger partial charge in [-0.15, -0.1) is 10.2 Å². The van der Waals surface area contributed by atoms with Crippen molar-refractivity contribution in [3.63, 3.8) is 0 Å². The lowest BCUT2D eigenvalue weighted by Gasteiger charge is -2.33. The van der Waals surface area contributed by atoms with E-state index in [1.165, 1.54) is 17.8 Å². The molecule has 2 aliphatic rings. The summed E-state index contributed by atoms with van der Waals surface area (Å²) in [5.41, 5.74) is 0.854. The number of anilines is 1. The minimum Gasteiger partial charge on any atom is -0.454 e. The highest BCUT2D eigenvalue weighted by Crippen LogP contribution is 2.37. The maximum absolute atomic E-state index is 12.4. The molecule has 0 atom stereocenters. The van der Waals surface area contributed by atoms with E-state index in [1.807, 2.05) is 23.1 Å². The van der Waals surface area contributed by atoms with Crippen LogP contribution in [0.2, 0.25) is 0 Å². The van der Waals surface area contributed by atoms with Crippen LogP contribution in [0.4, 0.5) is 5.13 Å². The second kappa shape index (κ2) is 8.77. The van der Waals surface area contributed by atoms with Gasteiger partial charge in [-0.05, 0) is 31.0 Å². The summed E-state index contributed by atoms with van der Waals surface area (Å²) in [7, 11) is 0. The summed E-state index contributed by atoms with van der Waals surface area (Å²) in [6.45, 7) is 2.23. The van der Waals surface area contributed by atoms with Crippen molar-refractivity contribution in [1.29, 1.82) is 0 Å². The summed E-state index contributed by atoms with van der Waals surface area (Å²) >= 11 is 1.30. The Balaban J connectivity index is 1.33. The molecule has 4 rings (SSSR count). The van der Waals surface area contributed by atoms with Crippen molar-refractivity contribution in [1.82, 2.24) is 15.1 Å². The molecule has 1 aromatic heterocycles. The number of carbonyl (C=O) groups excluding carboxylic acids is 2. The van der Waals surface area contributed by atoms with Crippen molar-refractivity contribution in [3.05, 3.63) is 18.2 Å². The number of rotatable bonds is 6. The van der Waals surface area contributed by atoms with E-state index in [0.717, 1.165) is 31.2 Å². The Bertz CT molecular complexity index is 894. The largest absolute Gasteiger partial charge is 0.454 e. The molecule has 9 heteroatoms. The molecule has 1 aromatic carbocycles. The van der Waals surface area contributed by atoms with Crippen molar-refractivity contribution < 1.29 is 19.1 Å². The minimum atomic E-state index is -0.166. The van der Waals surface area contributed by atoms with Crippen LogP contribution in [-0.4, -0.2) is 46.3 Å². The molecule has 1 aliphatic heterocycles. The van der Waals surface area contributed by atoms with E-state index in [4.69, 9.17) is 9.47 Å². The summed E-state index contributed by atoms with van der Waals surface area (Å²) in [6, 6.07) is 5.82. The van der Waals surface area contributed by atoms with Gasteiger partial charge in [-0.1, -0.05) is 30.6 Å². The van der Waals surface area contributed by atoms with Crippen LogP contribution in [-0.2, 0) is 9.59 Å². The van der Waals surface area contributed by atoms with Gasteiger partial charge in [0.05, 0.1) is 0 Å². The van der Waals surface area contributed by atoms with Gasteiger partial charge in [0.25, 0.3) is 0 Å². The van der Waals surface area contributed by atoms with Gasteiger partial charge in [0.1, 0.15) is 5.01 Å². The number of carbonyl (C=O) groups is 2. The van der Waals surface area contributed by atoms with E-state index >= 15 is 0 Å². The minimum absolute atomic E-state index is 0.0331. The first kappa shape index (κ1) is 19.6. The third-order valence-corrected chi connectivity index (χ3v) is 6.18. The maximum Gasteiger partial charge on any atom is 0.231 e. The molecule has 0 saturated heterocycles. The Morgan fingerprint density at radius 1 is 1.17 bits per heavy atom. The number of aromatic nitrogens is 2. The molecule has 0 unspecified atom stereocenters. The molecule has 0 spiro atoms. The van der Waals surface area contributed by atoms with Crippen LogP contribution in [0.3, 0.4) is 0 Å². The van der Waals surface area contributed by atoms with Gasteiger partial charge in [0, 0.05) is 31.5 Å². The average Bonchev–Trinajstić information content (AvgIpc) is 3.37. The SMILES string of the molecule is CC(=O)N(CCC(=O)Nc1nnc(-c2ccc3c(c2)OCO3)s1)C1CCCCC1. The molecule has 8 nitrogen and oxygen atoms in total. The van der Waals surface area contributed by atoms with Crippen LogP contribution < -0.4 is 14.8 Å². The lowest BCUT2D eigenvalue weighted by atomic mass is 9.94. The van der Waals surface area contributed by atoms with Crippen molar-refractivity contribution in [2.45, 2.75) is 51.5 Å². The van der Waals surface area contributed by atoms with E-state index in [0.29, 0.717) is 28.2 Å². The number of nitrogens with one attached hydrogen (secondary N) is 1.